The maximum absolute atomic E-state index is 12.5. The SMILES string of the molecule is COc1ccc(CN2CC3(CN(C(=O)OC(C)(C)C)C3)C(=O)CC2=O)cc1. The molecule has 0 saturated carbocycles. The normalized spacial score (nSPS) is 19.1. The van der Waals surface area contributed by atoms with Crippen molar-refractivity contribution < 1.29 is 23.9 Å². The number of amides is 2. The van der Waals surface area contributed by atoms with Crippen LogP contribution in [0.4, 0.5) is 4.79 Å². The summed E-state index contributed by atoms with van der Waals surface area (Å²) in [6, 6.07) is 7.50. The molecule has 0 aliphatic carbocycles. The van der Waals surface area contributed by atoms with Gasteiger partial charge in [-0.15, -0.1) is 0 Å². The summed E-state index contributed by atoms with van der Waals surface area (Å²) in [5.74, 6) is 0.498. The maximum atomic E-state index is 12.5. The van der Waals surface area contributed by atoms with Crippen LogP contribution in [0.2, 0.25) is 0 Å². The summed E-state index contributed by atoms with van der Waals surface area (Å²) < 4.78 is 10.5. The molecule has 2 amide bonds. The van der Waals surface area contributed by atoms with Gasteiger partial charge >= 0.3 is 6.09 Å². The van der Waals surface area contributed by atoms with Crippen molar-refractivity contribution in [1.29, 1.82) is 0 Å². The highest BCUT2D eigenvalue weighted by Crippen LogP contribution is 2.38. The molecule has 0 radical (unpaired) electrons. The summed E-state index contributed by atoms with van der Waals surface area (Å²) in [6.07, 6.45) is -0.530. The number of benzene rings is 1. The lowest BCUT2D eigenvalue weighted by Gasteiger charge is -2.52. The van der Waals surface area contributed by atoms with Crippen molar-refractivity contribution in [3.63, 3.8) is 0 Å². The zero-order valence-corrected chi connectivity index (χ0v) is 16.3. The van der Waals surface area contributed by atoms with Crippen LogP contribution in [0.25, 0.3) is 0 Å². The third-order valence-corrected chi connectivity index (χ3v) is 4.92. The number of nitrogens with zero attached hydrogens (tertiary/aromatic N) is 2. The van der Waals surface area contributed by atoms with Gasteiger partial charge in [-0.25, -0.2) is 4.79 Å². The second kappa shape index (κ2) is 6.87. The van der Waals surface area contributed by atoms with Crippen LogP contribution in [0.3, 0.4) is 0 Å². The fraction of sp³-hybridized carbons (Fsp3) is 0.550. The molecule has 7 heteroatoms. The monoisotopic (exact) mass is 374 g/mol. The molecule has 0 N–H and O–H groups in total. The number of ether oxygens (including phenoxy) is 2. The molecule has 1 aromatic carbocycles. The Morgan fingerprint density at radius 1 is 1.11 bits per heavy atom. The average molecular weight is 374 g/mol. The van der Waals surface area contributed by atoms with Crippen molar-refractivity contribution in [2.24, 2.45) is 5.41 Å². The third kappa shape index (κ3) is 4.07. The molecule has 7 nitrogen and oxygen atoms in total. The van der Waals surface area contributed by atoms with Gasteiger partial charge in [0, 0.05) is 26.2 Å². The van der Waals surface area contributed by atoms with Crippen molar-refractivity contribution in [2.45, 2.75) is 39.3 Å². The van der Waals surface area contributed by atoms with Gasteiger partial charge in [-0.2, -0.15) is 0 Å². The molecule has 2 aliphatic rings. The van der Waals surface area contributed by atoms with E-state index in [1.165, 1.54) is 4.90 Å². The standard InChI is InChI=1S/C20H26N2O5/c1-19(2,3)27-18(25)22-12-20(13-22)11-21(17(24)9-16(20)23)10-14-5-7-15(26-4)8-6-14/h5-8H,9-13H2,1-4H3. The first-order valence-corrected chi connectivity index (χ1v) is 9.04. The van der Waals surface area contributed by atoms with Gasteiger partial charge in [0.2, 0.25) is 5.91 Å². The first-order chi connectivity index (χ1) is 12.6. The van der Waals surface area contributed by atoms with Crippen molar-refractivity contribution in [2.75, 3.05) is 26.7 Å². The largest absolute Gasteiger partial charge is 0.497 e. The summed E-state index contributed by atoms with van der Waals surface area (Å²) in [6.45, 7) is 6.78. The Morgan fingerprint density at radius 2 is 1.74 bits per heavy atom. The minimum absolute atomic E-state index is 0.0849. The molecule has 0 bridgehead atoms. The number of methoxy groups -OCH3 is 1. The fourth-order valence-electron chi connectivity index (χ4n) is 3.49. The predicted molar refractivity (Wildman–Crippen MR) is 98.3 cm³/mol. The average Bonchev–Trinajstić information content (AvgIpc) is 2.54. The molecule has 0 unspecified atom stereocenters. The first-order valence-electron chi connectivity index (χ1n) is 9.04. The van der Waals surface area contributed by atoms with E-state index in [1.807, 2.05) is 45.0 Å². The summed E-state index contributed by atoms with van der Waals surface area (Å²) in [5.41, 5.74) is -0.277. The quantitative estimate of drug-likeness (QED) is 0.759. The molecule has 27 heavy (non-hydrogen) atoms. The number of carbonyl (C=O) groups excluding carboxylic acids is 3. The van der Waals surface area contributed by atoms with E-state index >= 15 is 0 Å². The van der Waals surface area contributed by atoms with Gasteiger partial charge in [0.1, 0.15) is 11.4 Å². The highest BCUT2D eigenvalue weighted by Gasteiger charge is 2.55. The van der Waals surface area contributed by atoms with E-state index in [1.54, 1.807) is 12.0 Å². The number of hydrogen-bond acceptors (Lipinski definition) is 5. The van der Waals surface area contributed by atoms with Crippen LogP contribution in [0, 0.1) is 5.41 Å². The topological polar surface area (TPSA) is 76.2 Å². The predicted octanol–water partition coefficient (Wildman–Crippen LogP) is 2.23. The van der Waals surface area contributed by atoms with Crippen molar-refractivity contribution in [3.8, 4) is 5.75 Å². The second-order valence-corrected chi connectivity index (χ2v) is 8.31. The molecule has 2 heterocycles. The van der Waals surface area contributed by atoms with E-state index < -0.39 is 17.1 Å². The van der Waals surface area contributed by atoms with E-state index in [2.05, 4.69) is 0 Å². The minimum Gasteiger partial charge on any atom is -0.497 e. The van der Waals surface area contributed by atoms with Crippen molar-refractivity contribution in [3.05, 3.63) is 29.8 Å². The molecule has 1 spiro atoms. The van der Waals surface area contributed by atoms with Gasteiger partial charge in [0.15, 0.2) is 5.78 Å². The van der Waals surface area contributed by atoms with Gasteiger partial charge in [-0.3, -0.25) is 9.59 Å². The lowest BCUT2D eigenvalue weighted by molar-refractivity contribution is -0.157. The van der Waals surface area contributed by atoms with Crippen LogP contribution in [-0.4, -0.2) is 59.9 Å². The number of rotatable bonds is 3. The molecular weight excluding hydrogens is 348 g/mol. The molecule has 3 rings (SSSR count). The summed E-state index contributed by atoms with van der Waals surface area (Å²) in [5, 5.41) is 0. The van der Waals surface area contributed by atoms with E-state index in [0.717, 1.165) is 11.3 Å². The number of carbonyl (C=O) groups is 3. The lowest BCUT2D eigenvalue weighted by Crippen LogP contribution is -2.69. The van der Waals surface area contributed by atoms with Gasteiger partial charge in [-0.1, -0.05) is 12.1 Å². The first kappa shape index (κ1) is 19.2. The van der Waals surface area contributed by atoms with E-state index in [-0.39, 0.29) is 18.1 Å². The fourth-order valence-corrected chi connectivity index (χ4v) is 3.49. The molecular formula is C20H26N2O5. The molecule has 2 aliphatic heterocycles. The van der Waals surface area contributed by atoms with Crippen LogP contribution in [-0.2, 0) is 20.9 Å². The van der Waals surface area contributed by atoms with Crippen LogP contribution in [0.15, 0.2) is 24.3 Å². The van der Waals surface area contributed by atoms with Crippen molar-refractivity contribution in [1.82, 2.24) is 9.80 Å². The Labute approximate surface area is 159 Å². The Bertz CT molecular complexity index is 745. The Hall–Kier alpha value is -2.57. The molecule has 2 fully saturated rings. The van der Waals surface area contributed by atoms with Crippen LogP contribution >= 0.6 is 0 Å². The van der Waals surface area contributed by atoms with Gasteiger partial charge in [-0.05, 0) is 38.5 Å². The molecule has 0 atom stereocenters. The van der Waals surface area contributed by atoms with Gasteiger partial charge in [0.05, 0.1) is 18.9 Å². The molecule has 2 saturated heterocycles. The minimum atomic E-state index is -0.669. The summed E-state index contributed by atoms with van der Waals surface area (Å²) in [4.78, 5) is 40.2. The highest BCUT2D eigenvalue weighted by molar-refractivity contribution is 6.04. The van der Waals surface area contributed by atoms with Crippen molar-refractivity contribution >= 4 is 17.8 Å². The molecule has 146 valence electrons. The van der Waals surface area contributed by atoms with E-state index in [0.29, 0.717) is 26.2 Å². The smallest absolute Gasteiger partial charge is 0.410 e. The number of Topliss-reactive ketones (excluding diaryl/α,β-unsaturated/α-hetero) is 1. The van der Waals surface area contributed by atoms with Gasteiger partial charge < -0.3 is 19.3 Å². The van der Waals surface area contributed by atoms with Crippen LogP contribution in [0.5, 0.6) is 5.75 Å². The molecule has 1 aromatic rings. The van der Waals surface area contributed by atoms with Crippen LogP contribution in [0.1, 0.15) is 32.8 Å². The van der Waals surface area contributed by atoms with E-state index in [4.69, 9.17) is 9.47 Å². The van der Waals surface area contributed by atoms with E-state index in [9.17, 15) is 14.4 Å². The zero-order valence-electron chi connectivity index (χ0n) is 16.3. The van der Waals surface area contributed by atoms with Gasteiger partial charge in [0.25, 0.3) is 0 Å². The number of piperidine rings is 1. The summed E-state index contributed by atoms with van der Waals surface area (Å²) in [7, 11) is 1.60. The third-order valence-electron chi connectivity index (χ3n) is 4.92. The summed E-state index contributed by atoms with van der Waals surface area (Å²) >= 11 is 0. The Balaban J connectivity index is 1.65. The number of ketones is 1. The highest BCUT2D eigenvalue weighted by atomic mass is 16.6. The Morgan fingerprint density at radius 3 is 2.30 bits per heavy atom. The second-order valence-electron chi connectivity index (χ2n) is 8.31. The van der Waals surface area contributed by atoms with Crippen LogP contribution < -0.4 is 4.74 Å². The molecule has 0 aromatic heterocycles. The Kier molecular flexibility index (Phi) is 4.88. The number of likely N-dealkylation sites (tertiary alicyclic amines) is 2. The maximum Gasteiger partial charge on any atom is 0.410 e. The zero-order chi connectivity index (χ0) is 19.8. The lowest BCUT2D eigenvalue weighted by atomic mass is 9.72. The number of hydrogen-bond donors (Lipinski definition) is 0.